The first kappa shape index (κ1) is 28.2. The van der Waals surface area contributed by atoms with Crippen LogP contribution in [0.4, 0.5) is 5.69 Å². The Bertz CT molecular complexity index is 1270. The van der Waals surface area contributed by atoms with Crippen LogP contribution in [0.3, 0.4) is 0 Å². The largest absolute Gasteiger partial charge is 0.350 e. The number of rotatable bonds is 9. The van der Waals surface area contributed by atoms with E-state index in [-0.39, 0.29) is 29.3 Å². The topological polar surface area (TPSA) is 76.7 Å². The molecular weight excluding hydrogens is 552 g/mol. The molecule has 1 aromatic heterocycles. The summed E-state index contributed by atoms with van der Waals surface area (Å²) in [7, 11) is 0. The Morgan fingerprint density at radius 2 is 1.90 bits per heavy atom. The van der Waals surface area contributed by atoms with Crippen LogP contribution in [0.5, 0.6) is 0 Å². The van der Waals surface area contributed by atoms with Crippen molar-refractivity contribution >= 4 is 52.2 Å². The number of amides is 2. The molecule has 2 aliphatic rings. The van der Waals surface area contributed by atoms with Crippen LogP contribution in [-0.2, 0) is 30.3 Å². The third-order valence-corrected chi connectivity index (χ3v) is 10.3. The van der Waals surface area contributed by atoms with E-state index in [1.165, 1.54) is 4.88 Å². The summed E-state index contributed by atoms with van der Waals surface area (Å²) in [5, 5.41) is 3.66. The number of thioether (sulfide) groups is 1. The van der Waals surface area contributed by atoms with Gasteiger partial charge in [-0.2, -0.15) is 0 Å². The van der Waals surface area contributed by atoms with Crippen LogP contribution < -0.4 is 10.8 Å². The minimum atomic E-state index is -0.357. The quantitative estimate of drug-likeness (QED) is 0.258. The Kier molecular flexibility index (Phi) is 9.63. The number of halogens is 1. The standard InChI is InChI=1S/C30H33ClN2O4S2/c31-23-11-9-21(10-12-23)18-27(34)32-24-7-5-6-22(19-24)25-13-14-26(39-25)30(15-2-4-17-38-30)20-28(35)33-37-29-8-1-3-16-36-29/h5-7,9-14,19,29H,1-4,8,15-18,20H2,(H,32,34)(H,33,35)/t29?,30-/m0/s1. The molecule has 2 amide bonds. The van der Waals surface area contributed by atoms with Gasteiger partial charge in [-0.3, -0.25) is 9.59 Å². The van der Waals surface area contributed by atoms with Crippen molar-refractivity contribution in [1.82, 2.24) is 5.48 Å². The normalized spacial score (nSPS) is 21.3. The Morgan fingerprint density at radius 1 is 1.03 bits per heavy atom. The molecule has 5 rings (SSSR count). The van der Waals surface area contributed by atoms with Crippen molar-refractivity contribution in [2.75, 3.05) is 17.7 Å². The summed E-state index contributed by atoms with van der Waals surface area (Å²) in [4.78, 5) is 33.4. The zero-order valence-electron chi connectivity index (χ0n) is 21.7. The molecule has 3 heterocycles. The van der Waals surface area contributed by atoms with Crippen molar-refractivity contribution in [1.29, 1.82) is 0 Å². The van der Waals surface area contributed by atoms with E-state index in [0.29, 0.717) is 18.1 Å². The molecule has 39 heavy (non-hydrogen) atoms. The Hall–Kier alpha value is -2.36. The van der Waals surface area contributed by atoms with Gasteiger partial charge in [0.05, 0.1) is 11.2 Å². The Labute approximate surface area is 242 Å². The summed E-state index contributed by atoms with van der Waals surface area (Å²) >= 11 is 9.54. The molecule has 0 aliphatic carbocycles. The number of hydroxylamine groups is 1. The van der Waals surface area contributed by atoms with Gasteiger partial charge >= 0.3 is 0 Å². The molecule has 0 spiro atoms. The van der Waals surface area contributed by atoms with Crippen LogP contribution in [0.1, 0.15) is 55.4 Å². The molecule has 206 valence electrons. The van der Waals surface area contributed by atoms with Gasteiger partial charge in [0.1, 0.15) is 0 Å². The van der Waals surface area contributed by atoms with Crippen molar-refractivity contribution in [2.45, 2.75) is 62.4 Å². The van der Waals surface area contributed by atoms with E-state index >= 15 is 0 Å². The van der Waals surface area contributed by atoms with E-state index in [2.05, 4.69) is 29.0 Å². The summed E-state index contributed by atoms with van der Waals surface area (Å²) in [5.74, 6) is 0.840. The molecule has 2 fully saturated rings. The third-order valence-electron chi connectivity index (χ3n) is 7.01. The predicted octanol–water partition coefficient (Wildman–Crippen LogP) is 7.33. The lowest BCUT2D eigenvalue weighted by Crippen LogP contribution is -2.37. The molecule has 2 aromatic carbocycles. The van der Waals surface area contributed by atoms with Crippen molar-refractivity contribution < 1.29 is 19.2 Å². The van der Waals surface area contributed by atoms with Gasteiger partial charge in [-0.25, -0.2) is 10.3 Å². The smallest absolute Gasteiger partial charge is 0.245 e. The number of anilines is 1. The summed E-state index contributed by atoms with van der Waals surface area (Å²) in [6.07, 6.45) is 6.38. The Morgan fingerprint density at radius 3 is 2.67 bits per heavy atom. The van der Waals surface area contributed by atoms with Crippen molar-refractivity contribution in [3.8, 4) is 10.4 Å². The first-order valence-electron chi connectivity index (χ1n) is 13.4. The van der Waals surface area contributed by atoms with Gasteiger partial charge in [0.25, 0.3) is 0 Å². The van der Waals surface area contributed by atoms with Crippen LogP contribution >= 0.6 is 34.7 Å². The zero-order valence-corrected chi connectivity index (χ0v) is 24.1. The van der Waals surface area contributed by atoms with Gasteiger partial charge in [0, 0.05) is 39.9 Å². The highest BCUT2D eigenvalue weighted by atomic mass is 35.5. The Balaban J connectivity index is 1.25. The first-order chi connectivity index (χ1) is 19.0. The van der Waals surface area contributed by atoms with E-state index in [1.807, 2.05) is 42.1 Å². The molecule has 2 N–H and O–H groups in total. The molecule has 0 bridgehead atoms. The van der Waals surface area contributed by atoms with E-state index in [0.717, 1.165) is 66.0 Å². The van der Waals surface area contributed by atoms with Gasteiger partial charge in [-0.05, 0) is 79.0 Å². The van der Waals surface area contributed by atoms with E-state index in [9.17, 15) is 9.59 Å². The summed E-state index contributed by atoms with van der Waals surface area (Å²) in [6.45, 7) is 0.672. The van der Waals surface area contributed by atoms with Gasteiger partial charge in [-0.1, -0.05) is 42.3 Å². The molecule has 2 atom stereocenters. The maximum Gasteiger partial charge on any atom is 0.245 e. The summed E-state index contributed by atoms with van der Waals surface area (Å²) in [6, 6.07) is 19.5. The van der Waals surface area contributed by atoms with E-state index < -0.39 is 0 Å². The van der Waals surface area contributed by atoms with Gasteiger partial charge < -0.3 is 10.1 Å². The van der Waals surface area contributed by atoms with Crippen LogP contribution in [0.25, 0.3) is 10.4 Å². The molecule has 2 saturated heterocycles. The van der Waals surface area contributed by atoms with Crippen LogP contribution in [0.15, 0.2) is 60.7 Å². The highest BCUT2D eigenvalue weighted by Gasteiger charge is 2.38. The summed E-state index contributed by atoms with van der Waals surface area (Å²) in [5.41, 5.74) is 5.36. The van der Waals surface area contributed by atoms with Crippen LogP contribution in [-0.4, -0.2) is 30.5 Å². The minimum absolute atomic E-state index is 0.0780. The third kappa shape index (κ3) is 7.64. The number of carbonyl (C=O) groups excluding carboxylic acids is 2. The highest BCUT2D eigenvalue weighted by molar-refractivity contribution is 8.00. The lowest BCUT2D eigenvalue weighted by atomic mass is 9.94. The SMILES string of the molecule is O=C(C[C@]1(c2ccc(-c3cccc(NC(=O)Cc4ccc(Cl)cc4)c3)s2)CCCCS1)NOC1CCCCO1. The first-order valence-corrected chi connectivity index (χ1v) is 15.6. The monoisotopic (exact) mass is 584 g/mol. The minimum Gasteiger partial charge on any atom is -0.350 e. The molecule has 3 aromatic rings. The van der Waals surface area contributed by atoms with Gasteiger partial charge in [-0.15, -0.1) is 23.1 Å². The fourth-order valence-corrected chi connectivity index (χ4v) is 8.00. The van der Waals surface area contributed by atoms with Crippen molar-refractivity contribution in [3.63, 3.8) is 0 Å². The number of carbonyl (C=O) groups is 2. The van der Waals surface area contributed by atoms with Gasteiger partial charge in [0.15, 0.2) is 6.29 Å². The molecule has 9 heteroatoms. The fraction of sp³-hybridized carbons (Fsp3) is 0.400. The lowest BCUT2D eigenvalue weighted by molar-refractivity contribution is -0.200. The molecule has 6 nitrogen and oxygen atoms in total. The number of nitrogens with one attached hydrogen (secondary N) is 2. The van der Waals surface area contributed by atoms with Crippen LogP contribution in [0.2, 0.25) is 5.02 Å². The average molecular weight is 585 g/mol. The van der Waals surface area contributed by atoms with E-state index in [1.54, 1.807) is 23.5 Å². The number of hydrogen-bond acceptors (Lipinski definition) is 6. The van der Waals surface area contributed by atoms with Crippen LogP contribution in [0, 0.1) is 0 Å². The van der Waals surface area contributed by atoms with Crippen molar-refractivity contribution in [2.24, 2.45) is 0 Å². The average Bonchev–Trinajstić information content (AvgIpc) is 3.46. The van der Waals surface area contributed by atoms with E-state index in [4.69, 9.17) is 21.2 Å². The molecule has 0 saturated carbocycles. The summed E-state index contributed by atoms with van der Waals surface area (Å²) < 4.78 is 5.31. The fourth-order valence-electron chi connectivity index (χ4n) is 4.99. The number of benzene rings is 2. The zero-order chi connectivity index (χ0) is 27.1. The second kappa shape index (κ2) is 13.3. The number of ether oxygens (including phenoxy) is 1. The number of thiophene rings is 1. The van der Waals surface area contributed by atoms with Crippen molar-refractivity contribution in [3.05, 3.63) is 76.1 Å². The lowest BCUT2D eigenvalue weighted by Gasteiger charge is -2.35. The molecule has 1 unspecified atom stereocenters. The maximum absolute atomic E-state index is 13.0. The predicted molar refractivity (Wildman–Crippen MR) is 159 cm³/mol. The molecule has 0 radical (unpaired) electrons. The second-order valence-corrected chi connectivity index (χ2v) is 13.0. The molecule has 2 aliphatic heterocycles. The maximum atomic E-state index is 13.0. The number of hydrogen-bond donors (Lipinski definition) is 2. The highest BCUT2D eigenvalue weighted by Crippen LogP contribution is 2.51. The molecular formula is C30H33ClN2O4S2. The van der Waals surface area contributed by atoms with Gasteiger partial charge in [0.2, 0.25) is 11.8 Å². The second-order valence-electron chi connectivity index (χ2n) is 10.0.